The molecule has 1 saturated heterocycles. The van der Waals surface area contributed by atoms with Gasteiger partial charge in [-0.1, -0.05) is 24.2 Å². The van der Waals surface area contributed by atoms with Crippen molar-refractivity contribution >= 4 is 61.5 Å². The maximum atomic E-state index is 12.9. The molecule has 0 spiro atoms. The molecule has 7 rings (SSSR count). The minimum absolute atomic E-state index is 0.0371. The highest BCUT2D eigenvalue weighted by Gasteiger charge is 2.29. The van der Waals surface area contributed by atoms with Gasteiger partial charge in [0.1, 0.15) is 26.1 Å². The summed E-state index contributed by atoms with van der Waals surface area (Å²) in [6.07, 6.45) is 5.84. The number of nitrogens with two attached hydrogens (primary N) is 1. The van der Waals surface area contributed by atoms with Crippen molar-refractivity contribution in [2.75, 3.05) is 41.8 Å². The van der Waals surface area contributed by atoms with Crippen molar-refractivity contribution in [3.63, 3.8) is 0 Å². The Morgan fingerprint density at radius 1 is 1.15 bits per heavy atom. The van der Waals surface area contributed by atoms with Gasteiger partial charge in [-0.05, 0) is 12.8 Å². The van der Waals surface area contributed by atoms with Crippen molar-refractivity contribution in [3.05, 3.63) is 39.1 Å². The standard InChI is InChI=1S/C26H28N8O4S2/c27-14-3-1-2-4-15(14)30-26-31-16-10-28-24(36)20(16)23(33-26)32-18-11-29-25(40-18)13-12-39-22-17(35)9-19(38-21(13)22)34-5-7-37-8-6-34/h9,11-12,14-15H,1-8,10,27H2,(H,28,36)(H2,30,31,32,33)/t14-,15+/m1/s1. The Labute approximate surface area is 237 Å². The fourth-order valence-corrected chi connectivity index (χ4v) is 7.17. The van der Waals surface area contributed by atoms with Gasteiger partial charge in [-0.25, -0.2) is 9.97 Å². The van der Waals surface area contributed by atoms with Crippen LogP contribution in [0.4, 0.5) is 22.7 Å². The predicted octanol–water partition coefficient (Wildman–Crippen LogP) is 3.27. The van der Waals surface area contributed by atoms with Crippen LogP contribution in [0.1, 0.15) is 41.7 Å². The van der Waals surface area contributed by atoms with E-state index in [0.717, 1.165) is 31.2 Å². The lowest BCUT2D eigenvalue weighted by molar-refractivity contribution is 0.0966. The molecule has 6 heterocycles. The molecule has 1 amide bonds. The van der Waals surface area contributed by atoms with Gasteiger partial charge in [-0.3, -0.25) is 9.59 Å². The molecule has 1 aliphatic carbocycles. The summed E-state index contributed by atoms with van der Waals surface area (Å²) in [5.74, 6) is 1.18. The van der Waals surface area contributed by atoms with Gasteiger partial charge in [0.05, 0.1) is 37.2 Å². The lowest BCUT2D eigenvalue weighted by atomic mass is 9.91. The van der Waals surface area contributed by atoms with Crippen LogP contribution in [-0.2, 0) is 11.3 Å². The first-order valence-electron chi connectivity index (χ1n) is 13.4. The third kappa shape index (κ3) is 4.70. The smallest absolute Gasteiger partial charge is 0.257 e. The Hall–Kier alpha value is -3.59. The van der Waals surface area contributed by atoms with Gasteiger partial charge in [0, 0.05) is 36.6 Å². The summed E-state index contributed by atoms with van der Waals surface area (Å²) in [4.78, 5) is 41.4. The molecule has 4 aromatic rings. The van der Waals surface area contributed by atoms with E-state index in [1.807, 2.05) is 10.3 Å². The zero-order valence-corrected chi connectivity index (χ0v) is 23.2. The van der Waals surface area contributed by atoms with Crippen molar-refractivity contribution in [2.24, 2.45) is 5.73 Å². The summed E-state index contributed by atoms with van der Waals surface area (Å²) in [5, 5.41) is 12.8. The number of hydrogen-bond donors (Lipinski definition) is 4. The maximum absolute atomic E-state index is 12.9. The van der Waals surface area contributed by atoms with Crippen LogP contribution < -0.4 is 32.0 Å². The summed E-state index contributed by atoms with van der Waals surface area (Å²) < 4.78 is 12.2. The molecule has 4 aromatic heterocycles. The Balaban J connectivity index is 1.19. The second-order valence-corrected chi connectivity index (χ2v) is 12.0. The molecular formula is C26H28N8O4S2. The number of fused-ring (bicyclic) bond motifs is 2. The second-order valence-electron chi connectivity index (χ2n) is 10.1. The van der Waals surface area contributed by atoms with Crippen molar-refractivity contribution in [3.8, 4) is 10.6 Å². The third-order valence-electron chi connectivity index (χ3n) is 7.49. The molecule has 0 unspecified atom stereocenters. The lowest BCUT2D eigenvalue weighted by Gasteiger charge is -2.29. The predicted molar refractivity (Wildman–Crippen MR) is 155 cm³/mol. The number of carbonyl (C=O) groups excluding carboxylic acids is 1. The fraction of sp³-hybridized carbons (Fsp3) is 0.423. The van der Waals surface area contributed by atoms with E-state index in [1.54, 1.807) is 12.3 Å². The average molecular weight is 581 g/mol. The Bertz CT molecular complexity index is 1640. The van der Waals surface area contributed by atoms with E-state index >= 15 is 0 Å². The Kier molecular flexibility index (Phi) is 6.62. The Morgan fingerprint density at radius 3 is 2.85 bits per heavy atom. The summed E-state index contributed by atoms with van der Waals surface area (Å²) in [6.45, 7) is 2.86. The first-order valence-corrected chi connectivity index (χ1v) is 15.1. The SMILES string of the molecule is N[C@@H]1CCCC[C@@H]1Nc1nc2c(c(Nc3cnc(-c4csc5c(=O)cc(N6CCOCC6)oc45)s3)n1)C(=O)NC2. The Morgan fingerprint density at radius 2 is 2.00 bits per heavy atom. The number of nitrogens with one attached hydrogen (secondary N) is 3. The lowest BCUT2D eigenvalue weighted by Crippen LogP contribution is -2.43. The topological polar surface area (TPSA) is 161 Å². The van der Waals surface area contributed by atoms with Crippen LogP contribution in [0.15, 0.2) is 26.9 Å². The fourth-order valence-electron chi connectivity index (χ4n) is 5.38. The normalized spacial score (nSPS) is 20.9. The molecule has 0 aromatic carbocycles. The summed E-state index contributed by atoms with van der Waals surface area (Å²) in [5.41, 5.74) is 8.60. The molecule has 40 heavy (non-hydrogen) atoms. The summed E-state index contributed by atoms with van der Waals surface area (Å²) in [7, 11) is 0. The van der Waals surface area contributed by atoms with Gasteiger partial charge in [-0.15, -0.1) is 11.3 Å². The summed E-state index contributed by atoms with van der Waals surface area (Å²) >= 11 is 2.74. The number of thiophene rings is 1. The molecular weight excluding hydrogens is 552 g/mol. The first-order chi connectivity index (χ1) is 19.5. The number of thiazole rings is 1. The number of aromatic nitrogens is 3. The molecule has 14 heteroatoms. The van der Waals surface area contributed by atoms with E-state index in [4.69, 9.17) is 14.9 Å². The van der Waals surface area contributed by atoms with Crippen LogP contribution in [0.25, 0.3) is 20.9 Å². The van der Waals surface area contributed by atoms with Crippen LogP contribution in [0.2, 0.25) is 0 Å². The highest BCUT2D eigenvalue weighted by molar-refractivity contribution is 7.20. The van der Waals surface area contributed by atoms with Crippen molar-refractivity contribution < 1.29 is 13.9 Å². The van der Waals surface area contributed by atoms with Crippen molar-refractivity contribution in [1.29, 1.82) is 0 Å². The van der Waals surface area contributed by atoms with Crippen LogP contribution in [0.3, 0.4) is 0 Å². The molecule has 3 aliphatic rings. The monoisotopic (exact) mass is 580 g/mol. The van der Waals surface area contributed by atoms with E-state index in [2.05, 4.69) is 30.9 Å². The minimum Gasteiger partial charge on any atom is -0.439 e. The molecule has 0 radical (unpaired) electrons. The average Bonchev–Trinajstić information content (AvgIpc) is 3.69. The van der Waals surface area contributed by atoms with Gasteiger partial charge in [0.2, 0.25) is 11.4 Å². The highest BCUT2D eigenvalue weighted by Crippen LogP contribution is 2.39. The number of anilines is 4. The maximum Gasteiger partial charge on any atom is 0.257 e. The van der Waals surface area contributed by atoms with Crippen molar-refractivity contribution in [2.45, 2.75) is 44.3 Å². The van der Waals surface area contributed by atoms with Crippen molar-refractivity contribution in [1.82, 2.24) is 20.3 Å². The zero-order valence-electron chi connectivity index (χ0n) is 21.6. The van der Waals surface area contributed by atoms with Gasteiger partial charge in [0.15, 0.2) is 11.5 Å². The van der Waals surface area contributed by atoms with E-state index in [0.29, 0.717) is 82.0 Å². The van der Waals surface area contributed by atoms with Crippen LogP contribution in [0, 0.1) is 0 Å². The number of nitrogens with zero attached hydrogens (tertiary/aromatic N) is 4. The van der Waals surface area contributed by atoms with E-state index in [1.165, 1.54) is 22.7 Å². The highest BCUT2D eigenvalue weighted by atomic mass is 32.1. The van der Waals surface area contributed by atoms with Crippen LogP contribution in [-0.4, -0.2) is 59.2 Å². The quantitative estimate of drug-likeness (QED) is 0.265. The molecule has 2 atom stereocenters. The van der Waals surface area contributed by atoms with E-state index in [-0.39, 0.29) is 23.4 Å². The molecule has 5 N–H and O–H groups in total. The molecule has 12 nitrogen and oxygen atoms in total. The molecule has 208 valence electrons. The number of ether oxygens (including phenoxy) is 1. The first kappa shape index (κ1) is 25.4. The van der Waals surface area contributed by atoms with Crippen LogP contribution >= 0.6 is 22.7 Å². The second kappa shape index (κ2) is 10.4. The van der Waals surface area contributed by atoms with Gasteiger partial charge >= 0.3 is 0 Å². The minimum atomic E-state index is -0.218. The van der Waals surface area contributed by atoms with E-state index in [9.17, 15) is 9.59 Å². The van der Waals surface area contributed by atoms with E-state index < -0.39 is 0 Å². The molecule has 2 fully saturated rings. The number of hydrogen-bond acceptors (Lipinski definition) is 13. The molecule has 2 aliphatic heterocycles. The summed E-state index contributed by atoms with van der Waals surface area (Å²) in [6, 6.07) is 1.67. The number of rotatable bonds is 6. The number of amides is 1. The van der Waals surface area contributed by atoms with Gasteiger partial charge in [0.25, 0.3) is 5.91 Å². The van der Waals surface area contributed by atoms with Gasteiger partial charge < -0.3 is 35.7 Å². The third-order valence-corrected chi connectivity index (χ3v) is 9.41. The number of carbonyl (C=O) groups is 1. The number of morpholine rings is 1. The largest absolute Gasteiger partial charge is 0.439 e. The molecule has 0 bridgehead atoms. The van der Waals surface area contributed by atoms with Gasteiger partial charge in [-0.2, -0.15) is 4.98 Å². The molecule has 1 saturated carbocycles. The zero-order chi connectivity index (χ0) is 27.2. The van der Waals surface area contributed by atoms with Crippen LogP contribution in [0.5, 0.6) is 0 Å².